The Morgan fingerprint density at radius 2 is 2.17 bits per heavy atom. The van der Waals surface area contributed by atoms with Gasteiger partial charge in [0.15, 0.2) is 0 Å². The maximum absolute atomic E-state index is 11.9. The average molecular weight is 329 g/mol. The number of hydrogen-bond donors (Lipinski definition) is 0. The maximum Gasteiger partial charge on any atom is 0.391 e. The third-order valence-electron chi connectivity index (χ3n) is 2.57. The molecule has 3 nitrogen and oxygen atoms in total. The summed E-state index contributed by atoms with van der Waals surface area (Å²) in [6, 6.07) is 0.255. The molecule has 104 valence electrons. The number of nitrogens with zero attached hydrogens (tertiary/aromatic N) is 2. The summed E-state index contributed by atoms with van der Waals surface area (Å²) in [6.07, 6.45) is -2.36. The summed E-state index contributed by atoms with van der Waals surface area (Å²) in [5.74, 6) is 0. The highest BCUT2D eigenvalue weighted by molar-refractivity contribution is 9.10. The van der Waals surface area contributed by atoms with Crippen molar-refractivity contribution in [1.29, 1.82) is 0 Å². The molecule has 0 aliphatic carbocycles. The van der Waals surface area contributed by atoms with Crippen molar-refractivity contribution < 1.29 is 17.9 Å². The minimum Gasteiger partial charge on any atom is -0.375 e. The van der Waals surface area contributed by atoms with Crippen LogP contribution in [0, 0.1) is 0 Å². The van der Waals surface area contributed by atoms with Crippen LogP contribution >= 0.6 is 15.9 Å². The second kappa shape index (κ2) is 6.56. The highest BCUT2D eigenvalue weighted by Crippen LogP contribution is 2.21. The van der Waals surface area contributed by atoms with E-state index < -0.39 is 12.6 Å². The van der Waals surface area contributed by atoms with Crippen molar-refractivity contribution in [3.8, 4) is 0 Å². The molecule has 0 aliphatic rings. The Kier molecular flexibility index (Phi) is 5.65. The quantitative estimate of drug-likeness (QED) is 0.735. The van der Waals surface area contributed by atoms with Crippen LogP contribution in [0.4, 0.5) is 13.2 Å². The minimum atomic E-state index is -4.17. The first-order valence-electron chi connectivity index (χ1n) is 5.71. The Labute approximate surface area is 112 Å². The third kappa shape index (κ3) is 4.97. The van der Waals surface area contributed by atoms with Crippen molar-refractivity contribution in [2.24, 2.45) is 0 Å². The number of hydrogen-bond acceptors (Lipinski definition) is 2. The predicted molar refractivity (Wildman–Crippen MR) is 65.3 cm³/mol. The van der Waals surface area contributed by atoms with Gasteiger partial charge in [-0.2, -0.15) is 18.3 Å². The maximum atomic E-state index is 11.9. The molecule has 0 aromatic carbocycles. The van der Waals surface area contributed by atoms with Crippen LogP contribution in [0.5, 0.6) is 0 Å². The lowest BCUT2D eigenvalue weighted by Gasteiger charge is -2.08. The van der Waals surface area contributed by atoms with Crippen LogP contribution in [0.15, 0.2) is 10.7 Å². The Morgan fingerprint density at radius 3 is 2.72 bits per heavy atom. The summed E-state index contributed by atoms with van der Waals surface area (Å²) in [5, 5.41) is 4.28. The number of rotatable bonds is 6. The van der Waals surface area contributed by atoms with Gasteiger partial charge in [-0.05, 0) is 29.3 Å². The van der Waals surface area contributed by atoms with Crippen LogP contribution in [0.2, 0.25) is 0 Å². The SMILES string of the molecule is CC[C@@H](C)n1cc(Br)c(COCCC(F)(F)F)n1. The number of halogens is 4. The van der Waals surface area contributed by atoms with Crippen LogP contribution in [0.3, 0.4) is 0 Å². The normalized spacial score (nSPS) is 13.9. The molecule has 0 bridgehead atoms. The largest absolute Gasteiger partial charge is 0.391 e. The molecule has 0 fully saturated rings. The number of aromatic nitrogens is 2. The van der Waals surface area contributed by atoms with Gasteiger partial charge in [0.25, 0.3) is 0 Å². The monoisotopic (exact) mass is 328 g/mol. The first kappa shape index (κ1) is 15.5. The summed E-state index contributed by atoms with van der Waals surface area (Å²) < 4.78 is 43.2. The first-order chi connectivity index (χ1) is 8.33. The van der Waals surface area contributed by atoms with Gasteiger partial charge in [0.05, 0.1) is 24.1 Å². The Morgan fingerprint density at radius 1 is 1.50 bits per heavy atom. The Hall–Kier alpha value is -0.560. The van der Waals surface area contributed by atoms with Crippen molar-refractivity contribution in [3.05, 3.63) is 16.4 Å². The summed E-state index contributed by atoms with van der Waals surface area (Å²) in [6.45, 7) is 3.81. The van der Waals surface area contributed by atoms with Crippen molar-refractivity contribution in [2.45, 2.75) is 45.5 Å². The first-order valence-corrected chi connectivity index (χ1v) is 6.50. The zero-order valence-corrected chi connectivity index (χ0v) is 11.9. The van der Waals surface area contributed by atoms with Crippen molar-refractivity contribution >= 4 is 15.9 Å². The van der Waals surface area contributed by atoms with Gasteiger partial charge < -0.3 is 4.74 Å². The van der Waals surface area contributed by atoms with Crippen LogP contribution in [0.1, 0.15) is 38.4 Å². The molecule has 0 amide bonds. The molecule has 0 spiro atoms. The highest BCUT2D eigenvalue weighted by Gasteiger charge is 2.26. The van der Waals surface area contributed by atoms with Crippen LogP contribution < -0.4 is 0 Å². The topological polar surface area (TPSA) is 27.1 Å². The summed E-state index contributed by atoms with van der Waals surface area (Å²) in [5.41, 5.74) is 0.623. The van der Waals surface area contributed by atoms with E-state index in [0.29, 0.717) is 5.69 Å². The van der Waals surface area contributed by atoms with E-state index in [1.54, 1.807) is 4.68 Å². The van der Waals surface area contributed by atoms with E-state index in [1.165, 1.54) is 0 Å². The lowest BCUT2D eigenvalue weighted by atomic mass is 10.3. The fraction of sp³-hybridized carbons (Fsp3) is 0.727. The van der Waals surface area contributed by atoms with E-state index in [-0.39, 0.29) is 19.3 Å². The fourth-order valence-electron chi connectivity index (χ4n) is 1.27. The standard InChI is InChI=1S/C11H16BrF3N2O/c1-3-8(2)17-6-9(12)10(16-17)7-18-5-4-11(13,14)15/h6,8H,3-5,7H2,1-2H3/t8-/m1/s1. The Balaban J connectivity index is 2.45. The zero-order chi connectivity index (χ0) is 13.8. The molecule has 1 atom stereocenters. The molecular formula is C11H16BrF3N2O. The molecule has 18 heavy (non-hydrogen) atoms. The van der Waals surface area contributed by atoms with Gasteiger partial charge in [0.1, 0.15) is 5.69 Å². The Bertz CT molecular complexity index is 379. The van der Waals surface area contributed by atoms with Gasteiger partial charge in [-0.3, -0.25) is 4.68 Å². The second-order valence-electron chi connectivity index (χ2n) is 4.08. The molecule has 0 saturated heterocycles. The molecule has 1 heterocycles. The summed E-state index contributed by atoms with van der Waals surface area (Å²) in [7, 11) is 0. The number of alkyl halides is 3. The number of ether oxygens (including phenoxy) is 1. The van der Waals surface area contributed by atoms with Gasteiger partial charge in [0, 0.05) is 12.2 Å². The highest BCUT2D eigenvalue weighted by atomic mass is 79.9. The molecule has 0 N–H and O–H groups in total. The second-order valence-corrected chi connectivity index (χ2v) is 4.93. The molecular weight excluding hydrogens is 313 g/mol. The molecule has 0 unspecified atom stereocenters. The van der Waals surface area contributed by atoms with E-state index in [1.807, 2.05) is 20.0 Å². The van der Waals surface area contributed by atoms with E-state index in [0.717, 1.165) is 10.9 Å². The van der Waals surface area contributed by atoms with Crippen LogP contribution in [-0.2, 0) is 11.3 Å². The predicted octanol–water partition coefficient (Wildman–Crippen LogP) is 4.09. The minimum absolute atomic E-state index is 0.0834. The van der Waals surface area contributed by atoms with Crippen molar-refractivity contribution in [3.63, 3.8) is 0 Å². The molecule has 1 aromatic rings. The molecule has 0 radical (unpaired) electrons. The zero-order valence-electron chi connectivity index (χ0n) is 10.3. The summed E-state index contributed by atoms with van der Waals surface area (Å²) >= 11 is 3.32. The van der Waals surface area contributed by atoms with Crippen molar-refractivity contribution in [1.82, 2.24) is 9.78 Å². The van der Waals surface area contributed by atoms with E-state index >= 15 is 0 Å². The van der Waals surface area contributed by atoms with Crippen molar-refractivity contribution in [2.75, 3.05) is 6.61 Å². The molecule has 1 aromatic heterocycles. The lowest BCUT2D eigenvalue weighted by molar-refractivity contribution is -0.146. The summed E-state index contributed by atoms with van der Waals surface area (Å²) in [4.78, 5) is 0. The van der Waals surface area contributed by atoms with Crippen LogP contribution in [-0.4, -0.2) is 22.6 Å². The van der Waals surface area contributed by atoms with Gasteiger partial charge in [-0.1, -0.05) is 6.92 Å². The van der Waals surface area contributed by atoms with E-state index in [4.69, 9.17) is 4.74 Å². The van der Waals surface area contributed by atoms with Crippen LogP contribution in [0.25, 0.3) is 0 Å². The smallest absolute Gasteiger partial charge is 0.375 e. The van der Waals surface area contributed by atoms with E-state index in [9.17, 15) is 13.2 Å². The fourth-order valence-corrected chi connectivity index (χ4v) is 1.68. The average Bonchev–Trinajstić information content (AvgIpc) is 2.64. The molecule has 7 heteroatoms. The molecule has 0 saturated carbocycles. The van der Waals surface area contributed by atoms with Gasteiger partial charge >= 0.3 is 6.18 Å². The van der Waals surface area contributed by atoms with Gasteiger partial charge in [-0.25, -0.2) is 0 Å². The van der Waals surface area contributed by atoms with Gasteiger partial charge in [-0.15, -0.1) is 0 Å². The lowest BCUT2D eigenvalue weighted by Crippen LogP contribution is -2.12. The van der Waals surface area contributed by atoms with E-state index in [2.05, 4.69) is 21.0 Å². The van der Waals surface area contributed by atoms with Gasteiger partial charge in [0.2, 0.25) is 0 Å². The molecule has 1 rings (SSSR count). The third-order valence-corrected chi connectivity index (χ3v) is 3.23. The molecule has 0 aliphatic heterocycles.